The molecule has 0 aliphatic heterocycles. The Morgan fingerprint density at radius 3 is 2.83 bits per heavy atom. The highest BCUT2D eigenvalue weighted by atomic mass is 15.3. The van der Waals surface area contributed by atoms with Gasteiger partial charge in [0.2, 0.25) is 5.95 Å². The van der Waals surface area contributed by atoms with E-state index in [4.69, 9.17) is 5.84 Å². The topological polar surface area (TPSA) is 88.8 Å². The van der Waals surface area contributed by atoms with Crippen LogP contribution < -0.4 is 16.6 Å². The minimum absolute atomic E-state index is 0.110. The first-order valence-corrected chi connectivity index (χ1v) is 5.68. The average molecular weight is 244 g/mol. The van der Waals surface area contributed by atoms with Crippen molar-refractivity contribution in [1.82, 2.24) is 15.0 Å². The van der Waals surface area contributed by atoms with Crippen LogP contribution in [0.2, 0.25) is 0 Å². The second kappa shape index (κ2) is 5.42. The normalized spacial score (nSPS) is 11.9. The Kier molecular flexibility index (Phi) is 3.69. The monoisotopic (exact) mass is 244 g/mol. The van der Waals surface area contributed by atoms with Gasteiger partial charge in [0.15, 0.2) is 0 Å². The van der Waals surface area contributed by atoms with Crippen LogP contribution in [0, 0.1) is 6.92 Å². The van der Waals surface area contributed by atoms with Gasteiger partial charge in [-0.15, -0.1) is 0 Å². The largest absolute Gasteiger partial charge is 0.363 e. The maximum absolute atomic E-state index is 5.32. The minimum Gasteiger partial charge on any atom is -0.363 e. The molecule has 0 aromatic carbocycles. The number of rotatable bonds is 4. The molecule has 0 radical (unpaired) electrons. The number of hydrogen-bond donors (Lipinski definition) is 3. The van der Waals surface area contributed by atoms with E-state index in [1.54, 1.807) is 6.20 Å². The van der Waals surface area contributed by atoms with Crippen molar-refractivity contribution in [2.75, 3.05) is 10.7 Å². The van der Waals surface area contributed by atoms with E-state index < -0.39 is 0 Å². The molecule has 4 N–H and O–H groups in total. The Morgan fingerprint density at radius 1 is 1.33 bits per heavy atom. The standard InChI is InChI=1S/C12H16N6/c1-8-6-11(17-12(15-8)18-13)16-9(2)10-4-3-5-14-7-10/h3-7,9H,13H2,1-2H3,(H2,15,16,17,18). The van der Waals surface area contributed by atoms with Crippen LogP contribution in [0.5, 0.6) is 0 Å². The Bertz CT molecular complexity index is 513. The van der Waals surface area contributed by atoms with Crippen molar-refractivity contribution in [2.45, 2.75) is 19.9 Å². The van der Waals surface area contributed by atoms with Crippen molar-refractivity contribution in [3.63, 3.8) is 0 Å². The zero-order valence-electron chi connectivity index (χ0n) is 10.4. The lowest BCUT2D eigenvalue weighted by molar-refractivity contribution is 0.862. The second-order valence-corrected chi connectivity index (χ2v) is 4.01. The van der Waals surface area contributed by atoms with Gasteiger partial charge in [-0.05, 0) is 25.5 Å². The van der Waals surface area contributed by atoms with Crippen molar-refractivity contribution in [2.24, 2.45) is 5.84 Å². The summed E-state index contributed by atoms with van der Waals surface area (Å²) < 4.78 is 0. The van der Waals surface area contributed by atoms with Crippen LogP contribution in [-0.2, 0) is 0 Å². The van der Waals surface area contributed by atoms with Crippen LogP contribution >= 0.6 is 0 Å². The molecule has 0 bridgehead atoms. The van der Waals surface area contributed by atoms with Crippen LogP contribution in [0.4, 0.5) is 11.8 Å². The number of nitrogen functional groups attached to an aromatic ring is 1. The van der Waals surface area contributed by atoms with Crippen LogP contribution in [0.25, 0.3) is 0 Å². The van der Waals surface area contributed by atoms with Gasteiger partial charge in [-0.1, -0.05) is 6.07 Å². The number of anilines is 2. The third kappa shape index (κ3) is 2.92. The summed E-state index contributed by atoms with van der Waals surface area (Å²) in [6.45, 7) is 3.94. The highest BCUT2D eigenvalue weighted by molar-refractivity contribution is 5.43. The number of hydrazine groups is 1. The molecule has 6 heteroatoms. The molecule has 0 saturated heterocycles. The number of nitrogens with zero attached hydrogens (tertiary/aromatic N) is 3. The van der Waals surface area contributed by atoms with Gasteiger partial charge in [-0.3, -0.25) is 10.4 Å². The highest BCUT2D eigenvalue weighted by Crippen LogP contribution is 2.18. The van der Waals surface area contributed by atoms with E-state index in [1.807, 2.05) is 38.2 Å². The number of aromatic nitrogens is 3. The van der Waals surface area contributed by atoms with Gasteiger partial charge in [-0.25, -0.2) is 10.8 Å². The Morgan fingerprint density at radius 2 is 2.17 bits per heavy atom. The van der Waals surface area contributed by atoms with Gasteiger partial charge in [-0.2, -0.15) is 4.98 Å². The summed E-state index contributed by atoms with van der Waals surface area (Å²) >= 11 is 0. The van der Waals surface area contributed by atoms with E-state index in [9.17, 15) is 0 Å². The van der Waals surface area contributed by atoms with Gasteiger partial charge in [0.05, 0.1) is 6.04 Å². The van der Waals surface area contributed by atoms with Crippen LogP contribution in [-0.4, -0.2) is 15.0 Å². The first-order valence-electron chi connectivity index (χ1n) is 5.68. The number of hydrogen-bond acceptors (Lipinski definition) is 6. The van der Waals surface area contributed by atoms with E-state index in [0.29, 0.717) is 5.95 Å². The molecule has 2 rings (SSSR count). The molecule has 0 aliphatic rings. The van der Waals surface area contributed by atoms with E-state index in [1.165, 1.54) is 0 Å². The van der Waals surface area contributed by atoms with E-state index in [0.717, 1.165) is 17.1 Å². The molecular formula is C12H16N6. The molecular weight excluding hydrogens is 228 g/mol. The fourth-order valence-corrected chi connectivity index (χ4v) is 1.64. The maximum Gasteiger partial charge on any atom is 0.239 e. The molecule has 6 nitrogen and oxygen atoms in total. The molecule has 2 heterocycles. The summed E-state index contributed by atoms with van der Waals surface area (Å²) in [5, 5.41) is 3.29. The van der Waals surface area contributed by atoms with Crippen molar-refractivity contribution in [1.29, 1.82) is 0 Å². The van der Waals surface area contributed by atoms with Gasteiger partial charge >= 0.3 is 0 Å². The van der Waals surface area contributed by atoms with Crippen molar-refractivity contribution in [3.8, 4) is 0 Å². The summed E-state index contributed by atoms with van der Waals surface area (Å²) in [7, 11) is 0. The number of nitrogens with one attached hydrogen (secondary N) is 2. The molecule has 1 unspecified atom stereocenters. The summed E-state index contributed by atoms with van der Waals surface area (Å²) in [5.74, 6) is 6.44. The molecule has 2 aromatic rings. The number of pyridine rings is 1. The van der Waals surface area contributed by atoms with Crippen LogP contribution in [0.1, 0.15) is 24.2 Å². The summed E-state index contributed by atoms with van der Waals surface area (Å²) in [6, 6.07) is 5.90. The molecule has 0 fully saturated rings. The van der Waals surface area contributed by atoms with Crippen LogP contribution in [0.3, 0.4) is 0 Å². The fraction of sp³-hybridized carbons (Fsp3) is 0.250. The van der Waals surface area contributed by atoms with Gasteiger partial charge in [0.25, 0.3) is 0 Å². The fourth-order valence-electron chi connectivity index (χ4n) is 1.64. The van der Waals surface area contributed by atoms with Gasteiger partial charge in [0, 0.05) is 24.2 Å². The number of aryl methyl sites for hydroxylation is 1. The quantitative estimate of drug-likeness (QED) is 0.559. The maximum atomic E-state index is 5.32. The molecule has 0 amide bonds. The zero-order valence-corrected chi connectivity index (χ0v) is 10.4. The van der Waals surface area contributed by atoms with E-state index in [-0.39, 0.29) is 6.04 Å². The van der Waals surface area contributed by atoms with Gasteiger partial charge < -0.3 is 5.32 Å². The number of nitrogens with two attached hydrogens (primary N) is 1. The third-order valence-corrected chi connectivity index (χ3v) is 2.53. The molecule has 0 spiro atoms. The minimum atomic E-state index is 0.110. The molecule has 0 saturated carbocycles. The van der Waals surface area contributed by atoms with E-state index >= 15 is 0 Å². The molecule has 1 atom stereocenters. The predicted molar refractivity (Wildman–Crippen MR) is 70.9 cm³/mol. The third-order valence-electron chi connectivity index (χ3n) is 2.53. The predicted octanol–water partition coefficient (Wildman–Crippen LogP) is 1.64. The Labute approximate surface area is 106 Å². The first kappa shape index (κ1) is 12.3. The van der Waals surface area contributed by atoms with Crippen LogP contribution in [0.15, 0.2) is 30.6 Å². The summed E-state index contributed by atoms with van der Waals surface area (Å²) in [5.41, 5.74) is 4.39. The smallest absolute Gasteiger partial charge is 0.239 e. The summed E-state index contributed by atoms with van der Waals surface area (Å²) in [6.07, 6.45) is 3.58. The SMILES string of the molecule is Cc1cc(NC(C)c2cccnc2)nc(NN)n1. The lowest BCUT2D eigenvalue weighted by Gasteiger charge is -2.15. The molecule has 2 aromatic heterocycles. The lowest BCUT2D eigenvalue weighted by atomic mass is 10.1. The highest BCUT2D eigenvalue weighted by Gasteiger charge is 2.07. The Hall–Kier alpha value is -2.21. The molecule has 18 heavy (non-hydrogen) atoms. The Balaban J connectivity index is 2.16. The molecule has 94 valence electrons. The second-order valence-electron chi connectivity index (χ2n) is 4.01. The van der Waals surface area contributed by atoms with E-state index in [2.05, 4.69) is 25.7 Å². The van der Waals surface area contributed by atoms with Crippen molar-refractivity contribution >= 4 is 11.8 Å². The summed E-state index contributed by atoms with van der Waals surface area (Å²) in [4.78, 5) is 12.5. The lowest BCUT2D eigenvalue weighted by Crippen LogP contribution is -2.14. The van der Waals surface area contributed by atoms with Crippen molar-refractivity contribution < 1.29 is 0 Å². The van der Waals surface area contributed by atoms with Gasteiger partial charge in [0.1, 0.15) is 5.82 Å². The first-order chi connectivity index (χ1) is 8.69. The molecule has 0 aliphatic carbocycles. The van der Waals surface area contributed by atoms with Crippen molar-refractivity contribution in [3.05, 3.63) is 41.9 Å². The average Bonchev–Trinajstić information content (AvgIpc) is 2.39. The zero-order chi connectivity index (χ0) is 13.0.